The molecule has 2 N–H and O–H groups in total. The number of aliphatic hydroxyl groups is 2. The summed E-state index contributed by atoms with van der Waals surface area (Å²) in [7, 11) is 1.74. The van der Waals surface area contributed by atoms with Gasteiger partial charge < -0.3 is 14.9 Å². The quantitative estimate of drug-likeness (QED) is 0.301. The van der Waals surface area contributed by atoms with Crippen molar-refractivity contribution in [3.05, 3.63) is 72.4 Å². The summed E-state index contributed by atoms with van der Waals surface area (Å²) in [4.78, 5) is 0. The maximum Gasteiger partial charge on any atom is 0.0550 e. The molecule has 0 radical (unpaired) electrons. The van der Waals surface area contributed by atoms with Crippen molar-refractivity contribution in [3.8, 4) is 0 Å². The van der Waals surface area contributed by atoms with Gasteiger partial charge in [-0.25, -0.2) is 0 Å². The highest BCUT2D eigenvalue weighted by molar-refractivity contribution is 5.24. The molecule has 3 nitrogen and oxygen atoms in total. The van der Waals surface area contributed by atoms with Crippen LogP contribution in [0.1, 0.15) is 71.3 Å². The molecule has 0 aromatic heterocycles. The zero-order chi connectivity index (χ0) is 23.0. The minimum Gasteiger partial charge on any atom is -0.396 e. The van der Waals surface area contributed by atoms with Gasteiger partial charge >= 0.3 is 0 Å². The molecule has 1 aromatic carbocycles. The third-order valence-corrected chi connectivity index (χ3v) is 6.18. The van der Waals surface area contributed by atoms with Crippen molar-refractivity contribution < 1.29 is 14.9 Å². The zero-order valence-electron chi connectivity index (χ0n) is 20.1. The van der Waals surface area contributed by atoms with Crippen molar-refractivity contribution in [1.82, 2.24) is 0 Å². The fourth-order valence-corrected chi connectivity index (χ4v) is 4.18. The van der Waals surface area contributed by atoms with Gasteiger partial charge in [0.1, 0.15) is 0 Å². The van der Waals surface area contributed by atoms with Crippen LogP contribution in [0.5, 0.6) is 0 Å². The Morgan fingerprint density at radius 2 is 1.58 bits per heavy atom. The fourth-order valence-electron chi connectivity index (χ4n) is 4.18. The second kappa shape index (κ2) is 15.2. The van der Waals surface area contributed by atoms with Gasteiger partial charge in [-0.1, -0.05) is 87.1 Å². The Hall–Kier alpha value is -1.68. The molecule has 31 heavy (non-hydrogen) atoms. The first-order valence-corrected chi connectivity index (χ1v) is 11.7. The average molecular weight is 429 g/mol. The molecule has 0 bridgehead atoms. The summed E-state index contributed by atoms with van der Waals surface area (Å²) in [6.07, 6.45) is 18.3. The molecule has 3 atom stereocenters. The molecule has 0 saturated heterocycles. The normalized spacial score (nSPS) is 17.4. The van der Waals surface area contributed by atoms with Crippen molar-refractivity contribution in [3.63, 3.8) is 0 Å². The monoisotopic (exact) mass is 428 g/mol. The van der Waals surface area contributed by atoms with Gasteiger partial charge in [0.15, 0.2) is 0 Å². The molecular formula is C28H44O3. The molecule has 0 heterocycles. The Labute approximate surface area is 190 Å². The highest BCUT2D eigenvalue weighted by Crippen LogP contribution is 2.33. The molecule has 0 aliphatic carbocycles. The first-order valence-electron chi connectivity index (χ1n) is 11.7. The van der Waals surface area contributed by atoms with Crippen LogP contribution in [0.2, 0.25) is 0 Å². The minimum absolute atomic E-state index is 0.0260. The first kappa shape index (κ1) is 27.4. The molecule has 1 rings (SSSR count). The molecule has 0 amide bonds. The number of benzene rings is 1. The maximum absolute atomic E-state index is 10.5. The zero-order valence-corrected chi connectivity index (χ0v) is 20.1. The molecule has 0 fully saturated rings. The number of hydrogen-bond donors (Lipinski definition) is 2. The summed E-state index contributed by atoms with van der Waals surface area (Å²) in [6.45, 7) is 7.29. The summed E-state index contributed by atoms with van der Waals surface area (Å²) in [5.74, 6) is 0. The number of allylic oxidation sites excluding steroid dienone is 5. The van der Waals surface area contributed by atoms with Gasteiger partial charge in [0.05, 0.1) is 12.7 Å². The van der Waals surface area contributed by atoms with Crippen LogP contribution in [0.15, 0.2) is 66.8 Å². The third kappa shape index (κ3) is 11.0. The van der Waals surface area contributed by atoms with E-state index in [0.717, 1.165) is 44.9 Å². The van der Waals surface area contributed by atoms with Crippen molar-refractivity contribution in [2.75, 3.05) is 20.3 Å². The molecule has 3 heteroatoms. The van der Waals surface area contributed by atoms with Crippen LogP contribution in [0.3, 0.4) is 0 Å². The number of methoxy groups -OCH3 is 1. The Bertz CT molecular complexity index is 664. The van der Waals surface area contributed by atoms with Crippen LogP contribution in [0, 0.1) is 5.41 Å². The third-order valence-electron chi connectivity index (χ3n) is 6.18. The topological polar surface area (TPSA) is 49.7 Å². The molecular weight excluding hydrogens is 384 g/mol. The van der Waals surface area contributed by atoms with Crippen molar-refractivity contribution in [2.24, 2.45) is 5.41 Å². The van der Waals surface area contributed by atoms with E-state index in [9.17, 15) is 10.2 Å². The van der Waals surface area contributed by atoms with E-state index >= 15 is 0 Å². The standard InChI is InChI=1S/C28H44O3/c1-5-6-7-8-12-19-27(2,24-31-4)20-13-17-26(30)18-14-21-28(3,22-23-29)25-15-10-9-11-16-25/h5-12,15-16,19,26,29-30H,13-14,17-18,20-24H2,1-4H3/b6-5-,8-7-,19-12+. The first-order chi connectivity index (χ1) is 14.9. The predicted octanol–water partition coefficient (Wildman–Crippen LogP) is 6.37. The van der Waals surface area contributed by atoms with Crippen molar-refractivity contribution in [2.45, 2.75) is 77.2 Å². The lowest BCUT2D eigenvalue weighted by Gasteiger charge is -2.30. The molecule has 0 aliphatic rings. The Balaban J connectivity index is 2.48. The number of rotatable bonds is 16. The molecule has 0 aliphatic heterocycles. The lowest BCUT2D eigenvalue weighted by molar-refractivity contribution is 0.104. The lowest BCUT2D eigenvalue weighted by Crippen LogP contribution is -2.24. The Morgan fingerprint density at radius 3 is 2.19 bits per heavy atom. The second-order valence-electron chi connectivity index (χ2n) is 9.20. The van der Waals surface area contributed by atoms with Crippen LogP contribution in [-0.2, 0) is 10.2 Å². The molecule has 3 unspecified atom stereocenters. The lowest BCUT2D eigenvalue weighted by atomic mass is 9.75. The summed E-state index contributed by atoms with van der Waals surface area (Å²) in [5.41, 5.74) is 1.20. The van der Waals surface area contributed by atoms with Gasteiger partial charge in [0.2, 0.25) is 0 Å². The van der Waals surface area contributed by atoms with E-state index < -0.39 is 0 Å². The predicted molar refractivity (Wildman–Crippen MR) is 132 cm³/mol. The van der Waals surface area contributed by atoms with Crippen molar-refractivity contribution >= 4 is 0 Å². The van der Waals surface area contributed by atoms with E-state index in [-0.39, 0.29) is 23.5 Å². The second-order valence-corrected chi connectivity index (χ2v) is 9.20. The number of hydrogen-bond acceptors (Lipinski definition) is 3. The van der Waals surface area contributed by atoms with E-state index in [0.29, 0.717) is 6.61 Å². The molecule has 1 aromatic rings. The van der Waals surface area contributed by atoms with Crippen molar-refractivity contribution in [1.29, 1.82) is 0 Å². The molecule has 0 saturated carbocycles. The highest BCUT2D eigenvalue weighted by atomic mass is 16.5. The molecule has 0 spiro atoms. The van der Waals surface area contributed by atoms with Crippen LogP contribution in [0.25, 0.3) is 0 Å². The van der Waals surface area contributed by atoms with E-state index in [1.165, 1.54) is 5.56 Å². The Kier molecular flexibility index (Phi) is 13.4. The highest BCUT2D eigenvalue weighted by Gasteiger charge is 2.26. The van der Waals surface area contributed by atoms with Gasteiger partial charge in [0, 0.05) is 19.1 Å². The molecule has 174 valence electrons. The Morgan fingerprint density at radius 1 is 0.935 bits per heavy atom. The van der Waals surface area contributed by atoms with Crippen LogP contribution in [0.4, 0.5) is 0 Å². The van der Waals surface area contributed by atoms with Gasteiger partial charge in [-0.2, -0.15) is 0 Å². The van der Waals surface area contributed by atoms with Gasteiger partial charge in [-0.3, -0.25) is 0 Å². The summed E-state index contributed by atoms with van der Waals surface area (Å²) in [5, 5.41) is 20.1. The van der Waals surface area contributed by atoms with E-state index in [2.05, 4.69) is 50.3 Å². The summed E-state index contributed by atoms with van der Waals surface area (Å²) in [6, 6.07) is 10.4. The summed E-state index contributed by atoms with van der Waals surface area (Å²) < 4.78 is 5.44. The van der Waals surface area contributed by atoms with Gasteiger partial charge in [-0.05, 0) is 56.4 Å². The van der Waals surface area contributed by atoms with Crippen LogP contribution >= 0.6 is 0 Å². The maximum atomic E-state index is 10.5. The largest absolute Gasteiger partial charge is 0.396 e. The average Bonchev–Trinajstić information content (AvgIpc) is 2.74. The fraction of sp³-hybridized carbons (Fsp3) is 0.571. The van der Waals surface area contributed by atoms with E-state index in [1.54, 1.807) is 7.11 Å². The van der Waals surface area contributed by atoms with E-state index in [4.69, 9.17) is 4.74 Å². The summed E-state index contributed by atoms with van der Waals surface area (Å²) >= 11 is 0. The number of ether oxygens (including phenoxy) is 1. The number of aliphatic hydroxyl groups excluding tert-OH is 2. The van der Waals surface area contributed by atoms with Crippen LogP contribution < -0.4 is 0 Å². The van der Waals surface area contributed by atoms with E-state index in [1.807, 2.05) is 37.3 Å². The minimum atomic E-state index is -0.278. The van der Waals surface area contributed by atoms with Gasteiger partial charge in [-0.15, -0.1) is 0 Å². The van der Waals surface area contributed by atoms with Crippen LogP contribution in [-0.4, -0.2) is 36.6 Å². The van der Waals surface area contributed by atoms with Gasteiger partial charge in [0.25, 0.3) is 0 Å². The SMILES string of the molecule is C\C=C/C=C\C=C\C(C)(CCCC(O)CCCC(C)(CCO)c1ccccc1)COC. The smallest absolute Gasteiger partial charge is 0.0550 e.